The number of carbonyl (C=O) groups is 1. The highest BCUT2D eigenvalue weighted by Crippen LogP contribution is 2.20. The summed E-state index contributed by atoms with van der Waals surface area (Å²) < 4.78 is 6.34. The number of rotatable bonds is 5. The van der Waals surface area contributed by atoms with Crippen LogP contribution in [0, 0.1) is 0 Å². The lowest BCUT2D eigenvalue weighted by Gasteiger charge is -2.08. The highest BCUT2D eigenvalue weighted by Gasteiger charge is 2.06. The lowest BCUT2D eigenvalue weighted by molar-refractivity contribution is -0.118. The van der Waals surface area contributed by atoms with Crippen molar-refractivity contribution in [2.24, 2.45) is 0 Å². The second-order valence-corrected chi connectivity index (χ2v) is 6.05. The molecular formula is C18H14BrN3O3. The van der Waals surface area contributed by atoms with Gasteiger partial charge in [-0.3, -0.25) is 4.79 Å². The molecule has 6 nitrogen and oxygen atoms in total. The van der Waals surface area contributed by atoms with Gasteiger partial charge >= 0.3 is 0 Å². The molecule has 0 fully saturated rings. The Bertz CT molecular complexity index is 867. The molecule has 2 N–H and O–H groups in total. The van der Waals surface area contributed by atoms with Crippen molar-refractivity contribution in [2.75, 3.05) is 11.9 Å². The maximum atomic E-state index is 11.9. The molecule has 126 valence electrons. The van der Waals surface area contributed by atoms with Crippen molar-refractivity contribution in [2.45, 2.75) is 0 Å². The summed E-state index contributed by atoms with van der Waals surface area (Å²) in [6.07, 6.45) is 3.01. The number of benzene rings is 2. The molecule has 0 aliphatic heterocycles. The summed E-state index contributed by atoms with van der Waals surface area (Å²) >= 11 is 3.33. The number of phenolic OH excluding ortho intramolecular Hbond substituents is 1. The van der Waals surface area contributed by atoms with Crippen LogP contribution in [-0.2, 0) is 4.79 Å². The number of anilines is 1. The van der Waals surface area contributed by atoms with Gasteiger partial charge in [-0.1, -0.05) is 28.1 Å². The molecule has 1 amide bonds. The zero-order valence-electron chi connectivity index (χ0n) is 13.0. The second-order valence-electron chi connectivity index (χ2n) is 5.14. The molecule has 0 unspecified atom stereocenters. The van der Waals surface area contributed by atoms with Crippen molar-refractivity contribution in [1.29, 1.82) is 0 Å². The van der Waals surface area contributed by atoms with Crippen LogP contribution in [0.25, 0.3) is 11.4 Å². The summed E-state index contributed by atoms with van der Waals surface area (Å²) in [5.74, 6) is 0.897. The fraction of sp³-hybridized carbons (Fsp3) is 0.0556. The highest BCUT2D eigenvalue weighted by molar-refractivity contribution is 9.10. The molecule has 0 aliphatic rings. The van der Waals surface area contributed by atoms with Crippen LogP contribution in [-0.4, -0.2) is 27.6 Å². The van der Waals surface area contributed by atoms with E-state index in [9.17, 15) is 9.90 Å². The Morgan fingerprint density at radius 2 is 1.84 bits per heavy atom. The van der Waals surface area contributed by atoms with Gasteiger partial charge in [0.2, 0.25) is 0 Å². The van der Waals surface area contributed by atoms with E-state index in [0.29, 0.717) is 22.8 Å². The summed E-state index contributed by atoms with van der Waals surface area (Å²) in [5, 5.41) is 12.2. The van der Waals surface area contributed by atoms with Gasteiger partial charge in [0.25, 0.3) is 5.91 Å². The van der Waals surface area contributed by atoms with Crippen molar-refractivity contribution in [3.8, 4) is 22.9 Å². The normalized spacial score (nSPS) is 10.3. The van der Waals surface area contributed by atoms with Gasteiger partial charge in [0.05, 0.1) is 18.1 Å². The molecule has 0 saturated heterocycles. The van der Waals surface area contributed by atoms with E-state index in [-0.39, 0.29) is 18.3 Å². The predicted molar refractivity (Wildman–Crippen MR) is 97.4 cm³/mol. The molecular weight excluding hydrogens is 386 g/mol. The van der Waals surface area contributed by atoms with Gasteiger partial charge in [0, 0.05) is 10.0 Å². The van der Waals surface area contributed by atoms with Crippen molar-refractivity contribution >= 4 is 27.5 Å². The molecule has 0 atom stereocenters. The predicted octanol–water partition coefficient (Wildman–Crippen LogP) is 3.63. The number of hydrogen-bond donors (Lipinski definition) is 2. The Hall–Kier alpha value is -2.93. The SMILES string of the molecule is O=C(COc1ccc(Br)cc1)Nc1cnc(-c2cccc(O)c2)nc1. The standard InChI is InChI=1S/C18H14BrN3O3/c19-13-4-6-16(7-5-13)25-11-17(24)22-14-9-20-18(21-10-14)12-2-1-3-15(23)8-12/h1-10,23H,11H2,(H,22,24). The lowest BCUT2D eigenvalue weighted by Crippen LogP contribution is -2.20. The van der Waals surface area contributed by atoms with Crippen LogP contribution in [0.3, 0.4) is 0 Å². The number of nitrogens with zero attached hydrogens (tertiary/aromatic N) is 2. The Labute approximate surface area is 152 Å². The van der Waals surface area contributed by atoms with Crippen molar-refractivity contribution in [3.63, 3.8) is 0 Å². The summed E-state index contributed by atoms with van der Waals surface area (Å²) in [6, 6.07) is 13.9. The minimum Gasteiger partial charge on any atom is -0.508 e. The number of aromatic nitrogens is 2. The summed E-state index contributed by atoms with van der Waals surface area (Å²) in [6.45, 7) is -0.115. The number of halogens is 1. The third-order valence-electron chi connectivity index (χ3n) is 3.22. The van der Waals surface area contributed by atoms with Gasteiger partial charge in [-0.2, -0.15) is 0 Å². The van der Waals surface area contributed by atoms with Gasteiger partial charge in [0.15, 0.2) is 12.4 Å². The van der Waals surface area contributed by atoms with Crippen LogP contribution < -0.4 is 10.1 Å². The number of aromatic hydroxyl groups is 1. The van der Waals surface area contributed by atoms with E-state index < -0.39 is 0 Å². The Balaban J connectivity index is 1.57. The molecule has 1 heterocycles. The second kappa shape index (κ2) is 7.76. The van der Waals surface area contributed by atoms with Gasteiger partial charge in [-0.15, -0.1) is 0 Å². The summed E-state index contributed by atoms with van der Waals surface area (Å²) in [7, 11) is 0. The first kappa shape index (κ1) is 16.9. The van der Waals surface area contributed by atoms with Crippen LogP contribution >= 0.6 is 15.9 Å². The number of carbonyl (C=O) groups excluding carboxylic acids is 1. The van der Waals surface area contributed by atoms with Gasteiger partial charge < -0.3 is 15.2 Å². The van der Waals surface area contributed by atoms with Crippen LogP contribution in [0.1, 0.15) is 0 Å². The number of amides is 1. The molecule has 2 aromatic carbocycles. The highest BCUT2D eigenvalue weighted by atomic mass is 79.9. The van der Waals surface area contributed by atoms with Gasteiger partial charge in [-0.25, -0.2) is 9.97 Å². The van der Waals surface area contributed by atoms with Crippen molar-refractivity contribution < 1.29 is 14.6 Å². The molecule has 7 heteroatoms. The Morgan fingerprint density at radius 1 is 1.12 bits per heavy atom. The molecule has 1 aromatic heterocycles. The minimum atomic E-state index is -0.309. The molecule has 3 aromatic rings. The maximum absolute atomic E-state index is 11.9. The first-order valence-corrected chi connectivity index (χ1v) is 8.19. The minimum absolute atomic E-state index is 0.115. The summed E-state index contributed by atoms with van der Waals surface area (Å²) in [5.41, 5.74) is 1.16. The Kier molecular flexibility index (Phi) is 5.25. The Morgan fingerprint density at radius 3 is 2.52 bits per heavy atom. The average Bonchev–Trinajstić information content (AvgIpc) is 2.62. The molecule has 3 rings (SSSR count). The number of phenols is 1. The molecule has 0 bridgehead atoms. The third kappa shape index (κ3) is 4.77. The van der Waals surface area contributed by atoms with Gasteiger partial charge in [-0.05, 0) is 36.4 Å². The molecule has 0 saturated carbocycles. The van der Waals surface area contributed by atoms with E-state index in [1.807, 2.05) is 12.1 Å². The van der Waals surface area contributed by atoms with E-state index in [1.54, 1.807) is 36.4 Å². The zero-order chi connectivity index (χ0) is 17.6. The molecule has 25 heavy (non-hydrogen) atoms. The number of nitrogens with one attached hydrogen (secondary N) is 1. The van der Waals surface area contributed by atoms with Crippen molar-refractivity contribution in [1.82, 2.24) is 9.97 Å². The van der Waals surface area contributed by atoms with E-state index in [1.165, 1.54) is 12.4 Å². The summed E-state index contributed by atoms with van der Waals surface area (Å²) in [4.78, 5) is 20.3. The molecule has 0 spiro atoms. The van der Waals surface area contributed by atoms with Crippen molar-refractivity contribution in [3.05, 3.63) is 65.4 Å². The van der Waals surface area contributed by atoms with E-state index in [2.05, 4.69) is 31.2 Å². The fourth-order valence-corrected chi connectivity index (χ4v) is 2.33. The third-order valence-corrected chi connectivity index (χ3v) is 3.75. The zero-order valence-corrected chi connectivity index (χ0v) is 14.6. The monoisotopic (exact) mass is 399 g/mol. The van der Waals surface area contributed by atoms with Crippen LogP contribution in [0.15, 0.2) is 65.4 Å². The molecule has 0 aliphatic carbocycles. The van der Waals surface area contributed by atoms with E-state index in [0.717, 1.165) is 4.47 Å². The van der Waals surface area contributed by atoms with E-state index >= 15 is 0 Å². The number of hydrogen-bond acceptors (Lipinski definition) is 5. The van der Waals surface area contributed by atoms with Gasteiger partial charge in [0.1, 0.15) is 11.5 Å². The number of ether oxygens (including phenoxy) is 1. The maximum Gasteiger partial charge on any atom is 0.262 e. The lowest BCUT2D eigenvalue weighted by atomic mass is 10.2. The largest absolute Gasteiger partial charge is 0.508 e. The fourth-order valence-electron chi connectivity index (χ4n) is 2.06. The molecule has 0 radical (unpaired) electrons. The van der Waals surface area contributed by atoms with Crippen LogP contribution in [0.5, 0.6) is 11.5 Å². The topological polar surface area (TPSA) is 84.3 Å². The first-order chi connectivity index (χ1) is 12.1. The first-order valence-electron chi connectivity index (χ1n) is 7.40. The van der Waals surface area contributed by atoms with E-state index in [4.69, 9.17) is 4.74 Å². The average molecular weight is 400 g/mol. The van der Waals surface area contributed by atoms with Crippen LogP contribution in [0.2, 0.25) is 0 Å². The quantitative estimate of drug-likeness (QED) is 0.684. The smallest absolute Gasteiger partial charge is 0.262 e. The van der Waals surface area contributed by atoms with Crippen LogP contribution in [0.4, 0.5) is 5.69 Å².